The Morgan fingerprint density at radius 2 is 1.76 bits per heavy atom. The van der Waals surface area contributed by atoms with Crippen LogP contribution in [0, 0.1) is 0 Å². The molecule has 2 aromatic carbocycles. The average Bonchev–Trinajstić information content (AvgIpc) is 2.94. The molecular formula is C29H39BF3N6O3+. The van der Waals surface area contributed by atoms with Crippen molar-refractivity contribution in [2.45, 2.75) is 37.3 Å². The van der Waals surface area contributed by atoms with Gasteiger partial charge in [-0.15, -0.1) is 0 Å². The number of fused-ring (bicyclic) bond motifs is 1. The van der Waals surface area contributed by atoms with Gasteiger partial charge in [-0.05, 0) is 42.7 Å². The molecule has 2 amide bonds. The number of aromatic nitrogens is 1. The Morgan fingerprint density at radius 1 is 1.05 bits per heavy atom. The van der Waals surface area contributed by atoms with Gasteiger partial charge >= 0.3 is 6.18 Å². The van der Waals surface area contributed by atoms with Crippen LogP contribution in [0.3, 0.4) is 0 Å². The van der Waals surface area contributed by atoms with Crippen molar-refractivity contribution in [3.8, 4) is 0 Å². The first-order valence-electron chi connectivity index (χ1n) is 13.8. The van der Waals surface area contributed by atoms with E-state index in [2.05, 4.69) is 29.7 Å². The third kappa shape index (κ3) is 10.1. The summed E-state index contributed by atoms with van der Waals surface area (Å²) < 4.78 is 45.3. The minimum Gasteiger partial charge on any atom is -0.427 e. The van der Waals surface area contributed by atoms with Crippen LogP contribution >= 0.6 is 0 Å². The van der Waals surface area contributed by atoms with Crippen LogP contribution in [0.4, 0.5) is 18.9 Å². The lowest BCUT2D eigenvalue weighted by Gasteiger charge is -2.30. The number of quaternary nitrogens is 1. The molecule has 0 aliphatic rings. The molecule has 0 aliphatic heterocycles. The maximum atomic E-state index is 13.5. The lowest BCUT2D eigenvalue weighted by molar-refractivity contribution is -0.889. The Bertz CT molecular complexity index is 1320. The van der Waals surface area contributed by atoms with Gasteiger partial charge in [0.2, 0.25) is 11.8 Å². The summed E-state index contributed by atoms with van der Waals surface area (Å²) in [6.07, 6.45) is -1.81. The van der Waals surface area contributed by atoms with Crippen LogP contribution < -0.4 is 22.1 Å². The summed E-state index contributed by atoms with van der Waals surface area (Å²) in [7, 11) is 4.19. The monoisotopic (exact) mass is 587 g/mol. The second kappa shape index (κ2) is 15.1. The second-order valence-corrected chi connectivity index (χ2v) is 10.9. The summed E-state index contributed by atoms with van der Waals surface area (Å²) in [4.78, 5) is 31.3. The molecule has 1 heterocycles. The van der Waals surface area contributed by atoms with Crippen LogP contribution in [-0.2, 0) is 26.8 Å². The van der Waals surface area contributed by atoms with Gasteiger partial charge in [-0.3, -0.25) is 14.6 Å². The molecule has 226 valence electrons. The molecule has 6 N–H and O–H groups in total. The van der Waals surface area contributed by atoms with Gasteiger partial charge in [0.15, 0.2) is 0 Å². The molecule has 1 aromatic heterocycles. The number of hydrogen-bond donors (Lipinski definition) is 4. The fourth-order valence-electron chi connectivity index (χ4n) is 4.66. The zero-order valence-electron chi connectivity index (χ0n) is 24.0. The molecule has 13 heteroatoms. The lowest BCUT2D eigenvalue weighted by Crippen LogP contribution is -2.47. The van der Waals surface area contributed by atoms with E-state index in [9.17, 15) is 22.8 Å². The summed E-state index contributed by atoms with van der Waals surface area (Å²) in [5.74, 6) is -1.52. The first-order valence-corrected chi connectivity index (χ1v) is 13.8. The molecule has 0 spiro atoms. The highest BCUT2D eigenvalue weighted by Crippen LogP contribution is 2.29. The van der Waals surface area contributed by atoms with E-state index in [0.717, 1.165) is 36.1 Å². The van der Waals surface area contributed by atoms with Crippen molar-refractivity contribution in [2.75, 3.05) is 45.8 Å². The van der Waals surface area contributed by atoms with Crippen molar-refractivity contribution < 1.29 is 31.9 Å². The molecule has 0 bridgehead atoms. The van der Waals surface area contributed by atoms with Gasteiger partial charge in [-0.1, -0.05) is 30.3 Å². The number of likely N-dealkylation sites (N-methyl/N-ethyl adjacent to an activating group) is 1. The van der Waals surface area contributed by atoms with E-state index in [1.165, 1.54) is 18.3 Å². The van der Waals surface area contributed by atoms with Gasteiger partial charge in [-0.25, -0.2) is 0 Å². The Labute approximate surface area is 244 Å². The first kappa shape index (κ1) is 33.0. The average molecular weight is 587 g/mol. The molecular weight excluding hydrogens is 548 g/mol. The number of anilines is 1. The molecule has 42 heavy (non-hydrogen) atoms. The molecule has 0 saturated heterocycles. The van der Waals surface area contributed by atoms with Gasteiger partial charge in [0, 0.05) is 24.2 Å². The Kier molecular flexibility index (Phi) is 11.9. The highest BCUT2D eigenvalue weighted by Gasteiger charge is 2.31. The number of halogens is 3. The van der Waals surface area contributed by atoms with Crippen LogP contribution in [0.15, 0.2) is 60.8 Å². The fourth-order valence-corrected chi connectivity index (χ4v) is 4.66. The van der Waals surface area contributed by atoms with E-state index >= 15 is 0 Å². The van der Waals surface area contributed by atoms with Crippen LogP contribution in [0.5, 0.6) is 0 Å². The summed E-state index contributed by atoms with van der Waals surface area (Å²) in [6, 6.07) is 12.6. The number of nitrogens with two attached hydrogens (primary N) is 2. The number of carbonyl (C=O) groups excluding carboxylic acids is 2. The van der Waals surface area contributed by atoms with Crippen molar-refractivity contribution in [3.05, 3.63) is 71.9 Å². The molecule has 3 aromatic rings. The number of pyridine rings is 1. The normalized spacial score (nSPS) is 13.4. The van der Waals surface area contributed by atoms with Gasteiger partial charge in [0.25, 0.3) is 7.48 Å². The molecule has 2 atom stereocenters. The third-order valence-electron chi connectivity index (χ3n) is 7.07. The number of benzene rings is 2. The largest absolute Gasteiger partial charge is 0.427 e. The van der Waals surface area contributed by atoms with E-state index in [1.54, 1.807) is 6.07 Å². The van der Waals surface area contributed by atoms with Gasteiger partial charge in [0.05, 0.1) is 56.9 Å². The van der Waals surface area contributed by atoms with E-state index < -0.39 is 35.4 Å². The summed E-state index contributed by atoms with van der Waals surface area (Å²) >= 11 is 0. The van der Waals surface area contributed by atoms with Crippen LogP contribution in [-0.4, -0.2) is 75.3 Å². The molecule has 0 fully saturated rings. The number of carbonyl (C=O) groups is 2. The predicted molar refractivity (Wildman–Crippen MR) is 159 cm³/mol. The minimum absolute atomic E-state index is 0.0262. The standard InChI is InChI=1S/C29H38BF3N6O3/c1-39(2,15-13-34)14-5-7-24(30-42-19-35)27(40)38-26(16-20-9-11-22(12-10-20)29(31,32)33)28(41)37-23-17-21-6-3-4-8-25(21)36-18-23/h3-4,6,8-12,17-18,24,26,30H,5,7,13-16,19,34-35H2,1-2H3,(H-,37,38,40,41)/p+1/t24-,26+/m0/s1. The highest BCUT2D eigenvalue weighted by molar-refractivity contribution is 6.37. The van der Waals surface area contributed by atoms with E-state index in [0.29, 0.717) is 35.1 Å². The highest BCUT2D eigenvalue weighted by atomic mass is 19.4. The van der Waals surface area contributed by atoms with Gasteiger partial charge in [0.1, 0.15) is 6.04 Å². The maximum absolute atomic E-state index is 13.5. The smallest absolute Gasteiger partial charge is 0.416 e. The van der Waals surface area contributed by atoms with Crippen molar-refractivity contribution in [2.24, 2.45) is 11.5 Å². The Morgan fingerprint density at radius 3 is 2.43 bits per heavy atom. The predicted octanol–water partition coefficient (Wildman–Crippen LogP) is 2.81. The number of para-hydroxylation sites is 1. The Balaban J connectivity index is 1.79. The Hall–Kier alpha value is -3.52. The quantitative estimate of drug-likeness (QED) is 0.123. The molecule has 3 rings (SSSR count). The van der Waals surface area contributed by atoms with E-state index in [1.807, 2.05) is 24.3 Å². The third-order valence-corrected chi connectivity index (χ3v) is 7.07. The number of hydrogen-bond acceptors (Lipinski definition) is 6. The van der Waals surface area contributed by atoms with Crippen LogP contribution in [0.1, 0.15) is 24.0 Å². The number of nitrogens with one attached hydrogen (secondary N) is 2. The van der Waals surface area contributed by atoms with Crippen molar-refractivity contribution in [1.29, 1.82) is 0 Å². The summed E-state index contributed by atoms with van der Waals surface area (Å²) in [5, 5.41) is 6.42. The van der Waals surface area contributed by atoms with Crippen molar-refractivity contribution in [1.82, 2.24) is 10.3 Å². The molecule has 0 unspecified atom stereocenters. The van der Waals surface area contributed by atoms with Crippen LogP contribution in [0.2, 0.25) is 5.82 Å². The summed E-state index contributed by atoms with van der Waals surface area (Å²) in [5.41, 5.74) is 12.1. The molecule has 0 saturated carbocycles. The minimum atomic E-state index is -4.49. The molecule has 9 nitrogen and oxygen atoms in total. The number of amides is 2. The van der Waals surface area contributed by atoms with Gasteiger partial charge < -0.3 is 31.2 Å². The maximum Gasteiger partial charge on any atom is 0.416 e. The first-order chi connectivity index (χ1) is 19.9. The molecule has 0 aliphatic carbocycles. The zero-order chi connectivity index (χ0) is 30.8. The zero-order valence-corrected chi connectivity index (χ0v) is 24.0. The van der Waals surface area contributed by atoms with Gasteiger partial charge in [-0.2, -0.15) is 13.2 Å². The van der Waals surface area contributed by atoms with Crippen LogP contribution in [0.25, 0.3) is 10.9 Å². The number of rotatable bonds is 15. The topological polar surface area (TPSA) is 132 Å². The second-order valence-electron chi connectivity index (χ2n) is 10.9. The lowest BCUT2D eigenvalue weighted by atomic mass is 9.75. The number of nitrogens with zero attached hydrogens (tertiary/aromatic N) is 2. The fraction of sp³-hybridized carbons (Fsp3) is 0.414. The SMILES string of the molecule is C[N+](C)(CCN)CCC[C@H](BOCN)C(=O)N[C@H](Cc1ccc(C(F)(F)F)cc1)C(=O)Nc1cnc2ccccc2c1. The van der Waals surface area contributed by atoms with E-state index in [4.69, 9.17) is 16.1 Å². The van der Waals surface area contributed by atoms with Crippen molar-refractivity contribution in [3.63, 3.8) is 0 Å². The molecule has 0 radical (unpaired) electrons. The van der Waals surface area contributed by atoms with Crippen molar-refractivity contribution >= 4 is 35.9 Å². The van der Waals surface area contributed by atoms with E-state index in [-0.39, 0.29) is 20.6 Å². The summed E-state index contributed by atoms with van der Waals surface area (Å²) in [6.45, 7) is 2.05. The number of alkyl halides is 3.